The summed E-state index contributed by atoms with van der Waals surface area (Å²) >= 11 is 0. The van der Waals surface area contributed by atoms with E-state index in [-0.39, 0.29) is 5.82 Å². The average molecular weight is 206 g/mol. The highest BCUT2D eigenvalue weighted by Gasteiger charge is 2.09. The van der Waals surface area contributed by atoms with Crippen molar-refractivity contribution in [1.29, 1.82) is 0 Å². The molecule has 2 rings (SSSR count). The van der Waals surface area contributed by atoms with Crippen LogP contribution in [-0.2, 0) is 12.8 Å². The molecule has 0 saturated heterocycles. The van der Waals surface area contributed by atoms with Crippen molar-refractivity contribution in [2.75, 3.05) is 0 Å². The van der Waals surface area contributed by atoms with Gasteiger partial charge in [0.2, 0.25) is 0 Å². The predicted octanol–water partition coefficient (Wildman–Crippen LogP) is 2.99. The second-order valence-electron chi connectivity index (χ2n) is 3.68. The molecule has 0 amide bonds. The molecule has 2 aromatic rings. The van der Waals surface area contributed by atoms with E-state index in [1.165, 1.54) is 12.3 Å². The molecule has 0 aliphatic carbocycles. The zero-order valence-electron chi connectivity index (χ0n) is 9.13. The molecule has 15 heavy (non-hydrogen) atoms. The fourth-order valence-electron chi connectivity index (χ4n) is 1.93. The van der Waals surface area contributed by atoms with Gasteiger partial charge in [-0.15, -0.1) is 0 Å². The normalized spacial score (nSPS) is 11.1. The first-order valence-electron chi connectivity index (χ1n) is 5.41. The minimum atomic E-state index is -0.211. The molecule has 3 heteroatoms. The molecule has 0 bridgehead atoms. The van der Waals surface area contributed by atoms with Gasteiger partial charge in [-0.05, 0) is 25.0 Å². The fourth-order valence-corrected chi connectivity index (χ4v) is 1.93. The van der Waals surface area contributed by atoms with E-state index in [4.69, 9.17) is 0 Å². The Morgan fingerprint density at radius 1 is 1.33 bits per heavy atom. The number of aromatic nitrogens is 2. The summed E-state index contributed by atoms with van der Waals surface area (Å²) < 4.78 is 15.0. The van der Waals surface area contributed by atoms with Crippen molar-refractivity contribution in [2.24, 2.45) is 0 Å². The first-order valence-corrected chi connectivity index (χ1v) is 5.41. The van der Waals surface area contributed by atoms with Crippen LogP contribution in [0.15, 0.2) is 18.3 Å². The molecule has 0 unspecified atom stereocenters. The molecular formula is C12H15FN2. The minimum Gasteiger partial charge on any atom is -0.301 e. The number of fused-ring (bicyclic) bond motifs is 1. The van der Waals surface area contributed by atoms with E-state index < -0.39 is 0 Å². The van der Waals surface area contributed by atoms with Crippen LogP contribution < -0.4 is 0 Å². The highest BCUT2D eigenvalue weighted by molar-refractivity contribution is 5.43. The van der Waals surface area contributed by atoms with Crippen LogP contribution in [0, 0.1) is 5.82 Å². The Labute approximate surface area is 88.8 Å². The summed E-state index contributed by atoms with van der Waals surface area (Å²) in [5.74, 6) is -0.211. The van der Waals surface area contributed by atoms with Gasteiger partial charge >= 0.3 is 0 Å². The summed E-state index contributed by atoms with van der Waals surface area (Å²) in [7, 11) is 0. The van der Waals surface area contributed by atoms with Crippen LogP contribution in [0.4, 0.5) is 4.39 Å². The smallest absolute Gasteiger partial charge is 0.139 e. The van der Waals surface area contributed by atoms with Crippen LogP contribution in [0.5, 0.6) is 0 Å². The molecule has 80 valence electrons. The Morgan fingerprint density at radius 3 is 2.80 bits per heavy atom. The van der Waals surface area contributed by atoms with Gasteiger partial charge < -0.3 is 4.40 Å². The van der Waals surface area contributed by atoms with Gasteiger partial charge in [0.1, 0.15) is 11.5 Å². The third-order valence-corrected chi connectivity index (χ3v) is 2.59. The molecule has 0 atom stereocenters. The number of hydrogen-bond donors (Lipinski definition) is 0. The molecule has 0 fully saturated rings. The monoisotopic (exact) mass is 206 g/mol. The maximum atomic E-state index is 13.1. The lowest BCUT2D eigenvalue weighted by Gasteiger charge is -2.00. The van der Waals surface area contributed by atoms with Gasteiger partial charge in [0, 0.05) is 11.9 Å². The predicted molar refractivity (Wildman–Crippen MR) is 58.5 cm³/mol. The number of imidazole rings is 1. The van der Waals surface area contributed by atoms with Gasteiger partial charge in [-0.1, -0.05) is 20.3 Å². The van der Waals surface area contributed by atoms with Crippen molar-refractivity contribution in [3.8, 4) is 0 Å². The van der Waals surface area contributed by atoms with Crippen molar-refractivity contribution >= 4 is 5.65 Å². The minimum absolute atomic E-state index is 0.211. The fraction of sp³-hybridized carbons (Fsp3) is 0.417. The summed E-state index contributed by atoms with van der Waals surface area (Å²) in [5, 5.41) is 0. The van der Waals surface area contributed by atoms with E-state index in [2.05, 4.69) is 18.8 Å². The van der Waals surface area contributed by atoms with Crippen molar-refractivity contribution in [3.05, 3.63) is 35.5 Å². The topological polar surface area (TPSA) is 17.3 Å². The molecule has 0 N–H and O–H groups in total. The molecule has 2 nitrogen and oxygen atoms in total. The third-order valence-electron chi connectivity index (χ3n) is 2.59. The van der Waals surface area contributed by atoms with Gasteiger partial charge in [-0.2, -0.15) is 0 Å². The molecule has 0 aliphatic heterocycles. The second-order valence-corrected chi connectivity index (χ2v) is 3.68. The lowest BCUT2D eigenvalue weighted by Crippen LogP contribution is -1.95. The SMILES string of the molecule is CCCc1nc2ccc(F)cn2c1CC. The molecule has 0 radical (unpaired) electrons. The van der Waals surface area contributed by atoms with E-state index in [9.17, 15) is 4.39 Å². The van der Waals surface area contributed by atoms with Crippen molar-refractivity contribution in [1.82, 2.24) is 9.38 Å². The molecule has 2 heterocycles. The van der Waals surface area contributed by atoms with E-state index >= 15 is 0 Å². The number of aryl methyl sites for hydroxylation is 2. The Balaban J connectivity index is 2.63. The van der Waals surface area contributed by atoms with E-state index in [0.29, 0.717) is 0 Å². The lowest BCUT2D eigenvalue weighted by molar-refractivity contribution is 0.618. The summed E-state index contributed by atoms with van der Waals surface area (Å²) in [6, 6.07) is 3.19. The first-order chi connectivity index (χ1) is 7.26. The molecule has 0 saturated carbocycles. The third kappa shape index (κ3) is 1.74. The van der Waals surface area contributed by atoms with Crippen LogP contribution in [0.1, 0.15) is 31.7 Å². The maximum absolute atomic E-state index is 13.1. The number of halogens is 1. The Kier molecular flexibility index (Phi) is 2.71. The molecule has 0 spiro atoms. The molecule has 0 aromatic carbocycles. The van der Waals surface area contributed by atoms with Gasteiger partial charge in [-0.25, -0.2) is 9.37 Å². The standard InChI is InChI=1S/C12H15FN2/c1-3-5-10-11(4-2)15-8-9(13)6-7-12(15)14-10/h6-8H,3-5H2,1-2H3. The average Bonchev–Trinajstić information content (AvgIpc) is 2.55. The number of hydrogen-bond acceptors (Lipinski definition) is 1. The molecular weight excluding hydrogens is 191 g/mol. The highest BCUT2D eigenvalue weighted by atomic mass is 19.1. The van der Waals surface area contributed by atoms with E-state index in [0.717, 1.165) is 36.3 Å². The van der Waals surface area contributed by atoms with Crippen LogP contribution in [0.2, 0.25) is 0 Å². The van der Waals surface area contributed by atoms with Crippen LogP contribution in [0.25, 0.3) is 5.65 Å². The number of nitrogens with zero attached hydrogens (tertiary/aromatic N) is 2. The Hall–Kier alpha value is -1.38. The first kappa shape index (κ1) is 10.1. The zero-order chi connectivity index (χ0) is 10.8. The molecule has 0 aliphatic rings. The maximum Gasteiger partial charge on any atom is 0.139 e. The zero-order valence-corrected chi connectivity index (χ0v) is 9.13. The summed E-state index contributed by atoms with van der Waals surface area (Å²) in [5.41, 5.74) is 3.08. The van der Waals surface area contributed by atoms with Gasteiger partial charge in [0.05, 0.1) is 5.69 Å². The second kappa shape index (κ2) is 4.01. The summed E-state index contributed by atoms with van der Waals surface area (Å²) in [6.45, 7) is 4.21. The largest absolute Gasteiger partial charge is 0.301 e. The summed E-state index contributed by atoms with van der Waals surface area (Å²) in [4.78, 5) is 4.51. The van der Waals surface area contributed by atoms with Crippen molar-refractivity contribution < 1.29 is 4.39 Å². The highest BCUT2D eigenvalue weighted by Crippen LogP contribution is 2.15. The van der Waals surface area contributed by atoms with Gasteiger partial charge in [0.25, 0.3) is 0 Å². The number of pyridine rings is 1. The van der Waals surface area contributed by atoms with Crippen molar-refractivity contribution in [3.63, 3.8) is 0 Å². The van der Waals surface area contributed by atoms with Gasteiger partial charge in [-0.3, -0.25) is 0 Å². The van der Waals surface area contributed by atoms with Crippen LogP contribution in [-0.4, -0.2) is 9.38 Å². The van der Waals surface area contributed by atoms with Crippen LogP contribution in [0.3, 0.4) is 0 Å². The lowest BCUT2D eigenvalue weighted by atomic mass is 10.2. The quantitative estimate of drug-likeness (QED) is 0.754. The Bertz CT molecular complexity index is 474. The molecule has 2 aromatic heterocycles. The van der Waals surface area contributed by atoms with E-state index in [1.807, 2.05) is 4.40 Å². The van der Waals surface area contributed by atoms with E-state index in [1.54, 1.807) is 6.07 Å². The summed E-state index contributed by atoms with van der Waals surface area (Å²) in [6.07, 6.45) is 4.44. The van der Waals surface area contributed by atoms with Crippen molar-refractivity contribution in [2.45, 2.75) is 33.1 Å². The number of rotatable bonds is 3. The van der Waals surface area contributed by atoms with Crippen LogP contribution >= 0.6 is 0 Å². The Morgan fingerprint density at radius 2 is 2.13 bits per heavy atom. The van der Waals surface area contributed by atoms with Gasteiger partial charge in [0.15, 0.2) is 0 Å².